The first kappa shape index (κ1) is 10.4. The molecule has 0 unspecified atom stereocenters. The highest BCUT2D eigenvalue weighted by atomic mass is 16.4. The van der Waals surface area contributed by atoms with Crippen molar-refractivity contribution in [3.05, 3.63) is 47.3 Å². The van der Waals surface area contributed by atoms with E-state index in [1.807, 2.05) is 26.0 Å². The van der Waals surface area contributed by atoms with Crippen molar-refractivity contribution < 1.29 is 9.90 Å². The van der Waals surface area contributed by atoms with Crippen molar-refractivity contribution in [1.82, 2.24) is 9.78 Å². The van der Waals surface area contributed by atoms with Gasteiger partial charge < -0.3 is 5.11 Å². The Labute approximate surface area is 93.1 Å². The molecule has 0 radical (unpaired) electrons. The van der Waals surface area contributed by atoms with Crippen LogP contribution in [0.15, 0.2) is 30.5 Å². The van der Waals surface area contributed by atoms with Gasteiger partial charge in [-0.3, -0.25) is 0 Å². The Balaban J connectivity index is 2.65. The van der Waals surface area contributed by atoms with Crippen LogP contribution in [0.25, 0.3) is 5.69 Å². The molecule has 4 heteroatoms. The predicted octanol–water partition coefficient (Wildman–Crippen LogP) is 2.19. The van der Waals surface area contributed by atoms with Gasteiger partial charge >= 0.3 is 5.97 Å². The predicted molar refractivity (Wildman–Crippen MR) is 60.0 cm³/mol. The van der Waals surface area contributed by atoms with Crippen LogP contribution >= 0.6 is 0 Å². The quantitative estimate of drug-likeness (QED) is 0.837. The monoisotopic (exact) mass is 216 g/mol. The van der Waals surface area contributed by atoms with Crippen molar-refractivity contribution in [1.29, 1.82) is 0 Å². The Morgan fingerprint density at radius 1 is 1.31 bits per heavy atom. The summed E-state index contributed by atoms with van der Waals surface area (Å²) in [6.45, 7) is 3.75. The molecule has 0 aliphatic rings. The van der Waals surface area contributed by atoms with E-state index in [4.69, 9.17) is 5.11 Å². The molecule has 0 aliphatic carbocycles. The van der Waals surface area contributed by atoms with Crippen LogP contribution in [0, 0.1) is 13.8 Å². The van der Waals surface area contributed by atoms with Gasteiger partial charge in [0.1, 0.15) is 0 Å². The molecular formula is C12H12N2O2. The third kappa shape index (κ3) is 1.69. The van der Waals surface area contributed by atoms with Crippen molar-refractivity contribution >= 4 is 5.97 Å². The van der Waals surface area contributed by atoms with E-state index >= 15 is 0 Å². The maximum Gasteiger partial charge on any atom is 0.337 e. The van der Waals surface area contributed by atoms with Gasteiger partial charge in [0, 0.05) is 11.9 Å². The normalized spacial score (nSPS) is 10.4. The minimum absolute atomic E-state index is 0.270. The van der Waals surface area contributed by atoms with Gasteiger partial charge in [0.25, 0.3) is 0 Å². The molecule has 1 aromatic heterocycles. The Hall–Kier alpha value is -2.10. The lowest BCUT2D eigenvalue weighted by molar-refractivity contribution is 0.0696. The number of aromatic nitrogens is 2. The van der Waals surface area contributed by atoms with E-state index in [-0.39, 0.29) is 5.56 Å². The van der Waals surface area contributed by atoms with Crippen LogP contribution in [0.5, 0.6) is 0 Å². The molecule has 16 heavy (non-hydrogen) atoms. The highest BCUT2D eigenvalue weighted by Gasteiger charge is 2.13. The molecule has 1 heterocycles. The zero-order valence-electron chi connectivity index (χ0n) is 9.14. The second-order valence-corrected chi connectivity index (χ2v) is 3.71. The minimum Gasteiger partial charge on any atom is -0.478 e. The summed E-state index contributed by atoms with van der Waals surface area (Å²) in [7, 11) is 0. The summed E-state index contributed by atoms with van der Waals surface area (Å²) in [6.07, 6.45) is 1.65. The fraction of sp³-hybridized carbons (Fsp3) is 0.167. The third-order valence-corrected chi connectivity index (χ3v) is 2.44. The smallest absolute Gasteiger partial charge is 0.337 e. The first-order chi connectivity index (χ1) is 7.59. The molecule has 0 saturated carbocycles. The van der Waals surface area contributed by atoms with E-state index in [0.717, 1.165) is 11.3 Å². The van der Waals surface area contributed by atoms with Crippen LogP contribution in [0.4, 0.5) is 0 Å². The van der Waals surface area contributed by atoms with Crippen molar-refractivity contribution in [2.45, 2.75) is 13.8 Å². The van der Waals surface area contributed by atoms with E-state index in [9.17, 15) is 4.79 Å². The maximum absolute atomic E-state index is 11.1. The molecule has 0 saturated heterocycles. The molecule has 2 rings (SSSR count). The summed E-state index contributed by atoms with van der Waals surface area (Å²) in [5.74, 6) is -0.936. The molecule has 0 bridgehead atoms. The molecule has 2 aromatic rings. The van der Waals surface area contributed by atoms with E-state index in [1.54, 1.807) is 23.0 Å². The second kappa shape index (κ2) is 3.81. The minimum atomic E-state index is -0.936. The molecule has 0 atom stereocenters. The SMILES string of the molecule is Cc1ccc(-n2nccc2C)c(C(=O)O)c1. The number of benzene rings is 1. The molecule has 1 N–H and O–H groups in total. The fourth-order valence-electron chi connectivity index (χ4n) is 1.63. The van der Waals surface area contributed by atoms with Gasteiger partial charge in [-0.15, -0.1) is 0 Å². The van der Waals surface area contributed by atoms with Gasteiger partial charge in [-0.25, -0.2) is 9.48 Å². The van der Waals surface area contributed by atoms with E-state index in [2.05, 4.69) is 5.10 Å². The van der Waals surface area contributed by atoms with E-state index in [1.165, 1.54) is 0 Å². The Bertz CT molecular complexity index is 544. The third-order valence-electron chi connectivity index (χ3n) is 2.44. The van der Waals surface area contributed by atoms with Gasteiger partial charge in [0.2, 0.25) is 0 Å². The first-order valence-electron chi connectivity index (χ1n) is 4.94. The zero-order chi connectivity index (χ0) is 11.7. The van der Waals surface area contributed by atoms with Gasteiger partial charge in [-0.2, -0.15) is 5.10 Å². The molecule has 82 valence electrons. The van der Waals surface area contributed by atoms with Crippen LogP contribution in [-0.4, -0.2) is 20.9 Å². The Morgan fingerprint density at radius 2 is 2.06 bits per heavy atom. The fourth-order valence-corrected chi connectivity index (χ4v) is 1.63. The first-order valence-corrected chi connectivity index (χ1v) is 4.94. The molecule has 0 fully saturated rings. The molecular weight excluding hydrogens is 204 g/mol. The van der Waals surface area contributed by atoms with E-state index in [0.29, 0.717) is 5.69 Å². The van der Waals surface area contributed by atoms with Crippen LogP contribution in [0.3, 0.4) is 0 Å². The number of aromatic carboxylic acids is 1. The van der Waals surface area contributed by atoms with E-state index < -0.39 is 5.97 Å². The number of rotatable bonds is 2. The molecule has 4 nitrogen and oxygen atoms in total. The van der Waals surface area contributed by atoms with Crippen molar-refractivity contribution in [3.8, 4) is 5.69 Å². The number of carboxylic acid groups (broad SMARTS) is 1. The van der Waals surface area contributed by atoms with Gasteiger partial charge in [-0.1, -0.05) is 11.6 Å². The summed E-state index contributed by atoms with van der Waals surface area (Å²) in [6, 6.07) is 7.14. The highest BCUT2D eigenvalue weighted by Crippen LogP contribution is 2.17. The highest BCUT2D eigenvalue weighted by molar-refractivity contribution is 5.92. The van der Waals surface area contributed by atoms with Crippen LogP contribution < -0.4 is 0 Å². The topological polar surface area (TPSA) is 55.1 Å². The summed E-state index contributed by atoms with van der Waals surface area (Å²) < 4.78 is 1.63. The summed E-state index contributed by atoms with van der Waals surface area (Å²) >= 11 is 0. The lowest BCUT2D eigenvalue weighted by Gasteiger charge is -2.08. The number of hydrogen-bond donors (Lipinski definition) is 1. The average molecular weight is 216 g/mol. The standard InChI is InChI=1S/C12H12N2O2/c1-8-3-4-11(10(7-8)12(15)16)14-9(2)5-6-13-14/h3-7H,1-2H3,(H,15,16). The Kier molecular flexibility index (Phi) is 2.48. The number of hydrogen-bond acceptors (Lipinski definition) is 2. The summed E-state index contributed by atoms with van der Waals surface area (Å²) in [5.41, 5.74) is 2.70. The summed E-state index contributed by atoms with van der Waals surface area (Å²) in [5, 5.41) is 13.3. The van der Waals surface area contributed by atoms with Gasteiger partial charge in [0.05, 0.1) is 11.3 Å². The molecule has 0 aliphatic heterocycles. The van der Waals surface area contributed by atoms with Gasteiger partial charge in [0.15, 0.2) is 0 Å². The number of aryl methyl sites for hydroxylation is 2. The number of nitrogens with zero attached hydrogens (tertiary/aromatic N) is 2. The Morgan fingerprint density at radius 3 is 2.62 bits per heavy atom. The van der Waals surface area contributed by atoms with Crippen molar-refractivity contribution in [2.75, 3.05) is 0 Å². The summed E-state index contributed by atoms with van der Waals surface area (Å²) in [4.78, 5) is 11.1. The van der Waals surface area contributed by atoms with Gasteiger partial charge in [-0.05, 0) is 32.0 Å². The number of carbonyl (C=O) groups is 1. The number of carboxylic acids is 1. The van der Waals surface area contributed by atoms with Crippen LogP contribution in [0.2, 0.25) is 0 Å². The largest absolute Gasteiger partial charge is 0.478 e. The molecule has 0 spiro atoms. The van der Waals surface area contributed by atoms with Crippen molar-refractivity contribution in [2.24, 2.45) is 0 Å². The van der Waals surface area contributed by atoms with Crippen molar-refractivity contribution in [3.63, 3.8) is 0 Å². The second-order valence-electron chi connectivity index (χ2n) is 3.71. The molecule has 1 aromatic carbocycles. The average Bonchev–Trinajstić information content (AvgIpc) is 2.64. The lowest BCUT2D eigenvalue weighted by Crippen LogP contribution is -2.08. The molecule has 0 amide bonds. The maximum atomic E-state index is 11.1. The van der Waals surface area contributed by atoms with Crippen LogP contribution in [-0.2, 0) is 0 Å². The lowest BCUT2D eigenvalue weighted by atomic mass is 10.1. The van der Waals surface area contributed by atoms with Crippen LogP contribution in [0.1, 0.15) is 21.6 Å². The zero-order valence-corrected chi connectivity index (χ0v) is 9.14.